The van der Waals surface area contributed by atoms with Gasteiger partial charge in [-0.15, -0.1) is 0 Å². The molecule has 1 aliphatic rings. The van der Waals surface area contributed by atoms with E-state index >= 15 is 0 Å². The standard InChI is InChI=1S/C15H15N3O2/c1-9-7-10(17(2)3)5-6-11(9)13-12(8-16)14(19)18(4)15(13)20/h5-7H,1-4H3. The van der Waals surface area contributed by atoms with E-state index < -0.39 is 11.8 Å². The van der Waals surface area contributed by atoms with Gasteiger partial charge in [0, 0.05) is 26.8 Å². The Labute approximate surface area is 117 Å². The van der Waals surface area contributed by atoms with Crippen molar-refractivity contribution in [1.29, 1.82) is 5.26 Å². The van der Waals surface area contributed by atoms with Crippen LogP contribution in [-0.2, 0) is 9.59 Å². The van der Waals surface area contributed by atoms with E-state index in [4.69, 9.17) is 5.26 Å². The number of carbonyl (C=O) groups excluding carboxylic acids is 2. The molecule has 1 aliphatic heterocycles. The SMILES string of the molecule is Cc1cc(N(C)C)ccc1C1=C(C#N)C(=O)N(C)C1=O. The first kappa shape index (κ1) is 13.8. The van der Waals surface area contributed by atoms with Crippen LogP contribution < -0.4 is 4.90 Å². The third kappa shape index (κ3) is 1.95. The number of benzene rings is 1. The van der Waals surface area contributed by atoms with Crippen LogP contribution in [0, 0.1) is 18.3 Å². The minimum Gasteiger partial charge on any atom is -0.378 e. The number of hydrogen-bond donors (Lipinski definition) is 0. The smallest absolute Gasteiger partial charge is 0.271 e. The fourth-order valence-electron chi connectivity index (χ4n) is 2.20. The maximum Gasteiger partial charge on any atom is 0.271 e. The van der Waals surface area contributed by atoms with Gasteiger partial charge in [0.1, 0.15) is 11.6 Å². The van der Waals surface area contributed by atoms with Gasteiger partial charge in [0.25, 0.3) is 11.8 Å². The molecule has 5 nitrogen and oxygen atoms in total. The van der Waals surface area contributed by atoms with Crippen molar-refractivity contribution in [3.63, 3.8) is 0 Å². The number of anilines is 1. The molecule has 5 heteroatoms. The summed E-state index contributed by atoms with van der Waals surface area (Å²) in [7, 11) is 5.23. The van der Waals surface area contributed by atoms with Gasteiger partial charge in [-0.1, -0.05) is 6.07 Å². The van der Waals surface area contributed by atoms with Crippen LogP contribution in [0.5, 0.6) is 0 Å². The van der Waals surface area contributed by atoms with E-state index in [1.807, 2.05) is 44.1 Å². The summed E-state index contributed by atoms with van der Waals surface area (Å²) in [5.74, 6) is -0.962. The second-order valence-corrected chi connectivity index (χ2v) is 4.92. The van der Waals surface area contributed by atoms with E-state index in [0.717, 1.165) is 16.2 Å². The van der Waals surface area contributed by atoms with Crippen molar-refractivity contribution >= 4 is 23.1 Å². The summed E-state index contributed by atoms with van der Waals surface area (Å²) in [6.45, 7) is 1.86. The zero-order valence-electron chi connectivity index (χ0n) is 11.9. The Hall–Kier alpha value is -2.61. The molecule has 0 fully saturated rings. The van der Waals surface area contributed by atoms with Crippen molar-refractivity contribution in [2.24, 2.45) is 0 Å². The maximum atomic E-state index is 12.1. The summed E-state index contributed by atoms with van der Waals surface area (Å²) >= 11 is 0. The Morgan fingerprint density at radius 2 is 1.85 bits per heavy atom. The molecule has 0 saturated heterocycles. The van der Waals surface area contributed by atoms with Crippen LogP contribution in [0.1, 0.15) is 11.1 Å². The van der Waals surface area contributed by atoms with Gasteiger partial charge in [0.2, 0.25) is 0 Å². The maximum absolute atomic E-state index is 12.1. The lowest BCUT2D eigenvalue weighted by Crippen LogP contribution is -2.26. The Morgan fingerprint density at radius 1 is 1.20 bits per heavy atom. The van der Waals surface area contributed by atoms with Crippen molar-refractivity contribution < 1.29 is 9.59 Å². The minimum absolute atomic E-state index is 0.0850. The number of likely N-dealkylation sites (N-methyl/N-ethyl adjacent to an activating group) is 1. The average Bonchev–Trinajstić information content (AvgIpc) is 2.62. The summed E-state index contributed by atoms with van der Waals surface area (Å²) in [5, 5.41) is 9.12. The molecule has 0 spiro atoms. The predicted octanol–water partition coefficient (Wildman–Crippen LogP) is 1.34. The van der Waals surface area contributed by atoms with Gasteiger partial charge in [-0.2, -0.15) is 5.26 Å². The molecule has 0 aliphatic carbocycles. The first-order valence-electron chi connectivity index (χ1n) is 6.13. The predicted molar refractivity (Wildman–Crippen MR) is 75.8 cm³/mol. The normalized spacial score (nSPS) is 14.8. The minimum atomic E-state index is -0.538. The van der Waals surface area contributed by atoms with Crippen molar-refractivity contribution in [2.45, 2.75) is 6.92 Å². The number of imide groups is 1. The lowest BCUT2D eigenvalue weighted by atomic mass is 9.97. The second-order valence-electron chi connectivity index (χ2n) is 4.92. The lowest BCUT2D eigenvalue weighted by Gasteiger charge is -2.15. The molecule has 1 aromatic carbocycles. The number of carbonyl (C=O) groups is 2. The van der Waals surface area contributed by atoms with Gasteiger partial charge in [-0.25, -0.2) is 0 Å². The molecule has 1 heterocycles. The van der Waals surface area contributed by atoms with E-state index in [9.17, 15) is 9.59 Å². The quantitative estimate of drug-likeness (QED) is 0.760. The van der Waals surface area contributed by atoms with Crippen LogP contribution in [0.4, 0.5) is 5.69 Å². The highest BCUT2D eigenvalue weighted by atomic mass is 16.2. The lowest BCUT2D eigenvalue weighted by molar-refractivity contribution is -0.135. The zero-order chi connectivity index (χ0) is 15.0. The highest BCUT2D eigenvalue weighted by molar-refractivity contribution is 6.37. The summed E-state index contributed by atoms with van der Waals surface area (Å²) in [5.41, 5.74) is 2.60. The molecule has 0 radical (unpaired) electrons. The molecule has 0 atom stereocenters. The van der Waals surface area contributed by atoms with Gasteiger partial charge in [-0.3, -0.25) is 14.5 Å². The van der Waals surface area contributed by atoms with Crippen LogP contribution >= 0.6 is 0 Å². The van der Waals surface area contributed by atoms with Gasteiger partial charge < -0.3 is 4.90 Å². The summed E-state index contributed by atoms with van der Waals surface area (Å²) < 4.78 is 0. The molecule has 2 rings (SSSR count). The number of rotatable bonds is 2. The van der Waals surface area contributed by atoms with Crippen molar-refractivity contribution in [3.8, 4) is 6.07 Å². The largest absolute Gasteiger partial charge is 0.378 e. The highest BCUT2D eigenvalue weighted by Crippen LogP contribution is 2.31. The molecule has 0 N–H and O–H groups in total. The highest BCUT2D eigenvalue weighted by Gasteiger charge is 2.37. The fraction of sp³-hybridized carbons (Fsp3) is 0.267. The van der Waals surface area contributed by atoms with Gasteiger partial charge in [0.05, 0.1) is 5.57 Å². The first-order valence-corrected chi connectivity index (χ1v) is 6.13. The Kier molecular flexibility index (Phi) is 3.33. The third-order valence-corrected chi connectivity index (χ3v) is 3.39. The average molecular weight is 269 g/mol. The fourth-order valence-corrected chi connectivity index (χ4v) is 2.20. The molecule has 1 aromatic rings. The Morgan fingerprint density at radius 3 is 2.35 bits per heavy atom. The summed E-state index contributed by atoms with van der Waals surface area (Å²) in [6.07, 6.45) is 0. The Bertz CT molecular complexity index is 681. The van der Waals surface area contributed by atoms with E-state index in [2.05, 4.69) is 0 Å². The van der Waals surface area contributed by atoms with Gasteiger partial charge in [-0.05, 0) is 30.2 Å². The van der Waals surface area contributed by atoms with E-state index in [0.29, 0.717) is 5.56 Å². The van der Waals surface area contributed by atoms with E-state index in [-0.39, 0.29) is 11.1 Å². The molecule has 0 unspecified atom stereocenters. The molecule has 102 valence electrons. The van der Waals surface area contributed by atoms with E-state index in [1.165, 1.54) is 7.05 Å². The van der Waals surface area contributed by atoms with Crippen LogP contribution in [0.15, 0.2) is 23.8 Å². The summed E-state index contributed by atoms with van der Waals surface area (Å²) in [4.78, 5) is 26.9. The molecule has 0 bridgehead atoms. The van der Waals surface area contributed by atoms with Crippen LogP contribution in [-0.4, -0.2) is 37.9 Å². The monoisotopic (exact) mass is 269 g/mol. The number of nitriles is 1. The topological polar surface area (TPSA) is 64.4 Å². The van der Waals surface area contributed by atoms with Crippen molar-refractivity contribution in [3.05, 3.63) is 34.9 Å². The van der Waals surface area contributed by atoms with Crippen molar-refractivity contribution in [1.82, 2.24) is 4.90 Å². The number of amides is 2. The number of nitrogens with zero attached hydrogens (tertiary/aromatic N) is 3. The molecule has 2 amide bonds. The van der Waals surface area contributed by atoms with Gasteiger partial charge in [0.15, 0.2) is 0 Å². The van der Waals surface area contributed by atoms with Gasteiger partial charge >= 0.3 is 0 Å². The molecule has 0 saturated carbocycles. The molecular weight excluding hydrogens is 254 g/mol. The zero-order valence-corrected chi connectivity index (χ0v) is 11.9. The molecule has 20 heavy (non-hydrogen) atoms. The van der Waals surface area contributed by atoms with E-state index in [1.54, 1.807) is 6.07 Å². The van der Waals surface area contributed by atoms with Crippen LogP contribution in [0.3, 0.4) is 0 Å². The van der Waals surface area contributed by atoms with Crippen molar-refractivity contribution in [2.75, 3.05) is 26.0 Å². The van der Waals surface area contributed by atoms with Crippen LogP contribution in [0.25, 0.3) is 5.57 Å². The third-order valence-electron chi connectivity index (χ3n) is 3.39. The first-order chi connectivity index (χ1) is 9.38. The Balaban J connectivity index is 2.62. The number of aryl methyl sites for hydroxylation is 1. The summed E-state index contributed by atoms with van der Waals surface area (Å²) in [6, 6.07) is 7.41. The second kappa shape index (κ2) is 4.82. The molecule has 0 aromatic heterocycles. The van der Waals surface area contributed by atoms with Crippen LogP contribution in [0.2, 0.25) is 0 Å². The number of hydrogen-bond acceptors (Lipinski definition) is 4. The molecular formula is C15H15N3O2.